The van der Waals surface area contributed by atoms with Crippen LogP contribution in [-0.4, -0.2) is 35.8 Å². The highest BCUT2D eigenvalue weighted by molar-refractivity contribution is 7.17. The molecule has 1 saturated carbocycles. The molecule has 0 unspecified atom stereocenters. The van der Waals surface area contributed by atoms with Crippen LogP contribution >= 0.6 is 11.3 Å². The monoisotopic (exact) mass is 361 g/mol. The lowest BCUT2D eigenvalue weighted by molar-refractivity contribution is -0.118. The second-order valence-electron chi connectivity index (χ2n) is 7.70. The summed E-state index contributed by atoms with van der Waals surface area (Å²) in [5, 5.41) is 3.67. The predicted molar refractivity (Wildman–Crippen MR) is 100 cm³/mol. The summed E-state index contributed by atoms with van der Waals surface area (Å²) in [6.07, 6.45) is 10.6. The number of nitrogens with zero attached hydrogens (tertiary/aromatic N) is 1. The van der Waals surface area contributed by atoms with E-state index in [0.717, 1.165) is 37.3 Å². The van der Waals surface area contributed by atoms with Crippen LogP contribution in [0.25, 0.3) is 0 Å². The fourth-order valence-corrected chi connectivity index (χ4v) is 6.34. The molecule has 3 N–H and O–H groups in total. The van der Waals surface area contributed by atoms with Crippen molar-refractivity contribution in [3.8, 4) is 0 Å². The molecule has 1 saturated heterocycles. The maximum Gasteiger partial charge on any atom is 0.251 e. The van der Waals surface area contributed by atoms with E-state index in [4.69, 9.17) is 5.73 Å². The number of thiophene rings is 1. The van der Waals surface area contributed by atoms with Crippen molar-refractivity contribution >= 4 is 28.2 Å². The molecule has 0 radical (unpaired) electrons. The van der Waals surface area contributed by atoms with Crippen LogP contribution in [0.3, 0.4) is 0 Å². The van der Waals surface area contributed by atoms with E-state index in [1.165, 1.54) is 54.7 Å². The first-order valence-corrected chi connectivity index (χ1v) is 10.4. The maximum absolute atomic E-state index is 12.7. The minimum atomic E-state index is -0.417. The van der Waals surface area contributed by atoms with Gasteiger partial charge in [0.1, 0.15) is 5.00 Å². The van der Waals surface area contributed by atoms with Gasteiger partial charge in [-0.3, -0.25) is 14.5 Å². The number of rotatable bonds is 4. The number of carbonyl (C=O) groups excluding carboxylic acids is 2. The summed E-state index contributed by atoms with van der Waals surface area (Å²) >= 11 is 1.54. The van der Waals surface area contributed by atoms with Crippen LogP contribution < -0.4 is 11.1 Å². The van der Waals surface area contributed by atoms with Gasteiger partial charge in [-0.25, -0.2) is 0 Å². The molecule has 1 aromatic heterocycles. The molecule has 3 aliphatic rings. The summed E-state index contributed by atoms with van der Waals surface area (Å²) in [6.45, 7) is 1.44. The van der Waals surface area contributed by atoms with Gasteiger partial charge in [0.15, 0.2) is 0 Å². The average molecular weight is 362 g/mol. The number of fused-ring (bicyclic) bond motifs is 2. The molecule has 4 rings (SSSR count). The standard InChI is InChI=1S/C19H27N3O2S/c20-18(24)17-13-7-3-9-15(13)25-19(17)21-16(23)11-22-10-4-6-12-5-1-2-8-14(12)22/h12,14H,1-11H2,(H2,20,24)(H,21,23)/t12-,14-/m0/s1. The Morgan fingerprint density at radius 3 is 2.76 bits per heavy atom. The van der Waals surface area contributed by atoms with Gasteiger partial charge in [0.2, 0.25) is 5.91 Å². The van der Waals surface area contributed by atoms with Crippen LogP contribution in [0.15, 0.2) is 0 Å². The average Bonchev–Trinajstić information content (AvgIpc) is 3.15. The SMILES string of the molecule is NC(=O)c1c(NC(=O)CN2CCC[C@@H]3CCCC[C@@H]32)sc2c1CCC2. The number of hydrogen-bond acceptors (Lipinski definition) is 4. The summed E-state index contributed by atoms with van der Waals surface area (Å²) in [6, 6.07) is 0.567. The molecule has 2 fully saturated rings. The minimum absolute atomic E-state index is 0.00588. The summed E-state index contributed by atoms with van der Waals surface area (Å²) in [5.74, 6) is 0.343. The van der Waals surface area contributed by atoms with E-state index >= 15 is 0 Å². The molecule has 2 amide bonds. The third-order valence-corrected chi connectivity index (χ3v) is 7.33. The Morgan fingerprint density at radius 2 is 1.92 bits per heavy atom. The summed E-state index contributed by atoms with van der Waals surface area (Å²) in [4.78, 5) is 28.1. The van der Waals surface area contributed by atoms with Crippen LogP contribution in [0.5, 0.6) is 0 Å². The molecule has 6 heteroatoms. The highest BCUT2D eigenvalue weighted by atomic mass is 32.1. The number of nitrogens with one attached hydrogen (secondary N) is 1. The fraction of sp³-hybridized carbons (Fsp3) is 0.684. The molecule has 2 aliphatic carbocycles. The zero-order valence-electron chi connectivity index (χ0n) is 14.7. The van der Waals surface area contributed by atoms with Crippen LogP contribution in [0.4, 0.5) is 5.00 Å². The molecule has 0 bridgehead atoms. The van der Waals surface area contributed by atoms with Crippen molar-refractivity contribution < 1.29 is 9.59 Å². The Balaban J connectivity index is 1.45. The Labute approximate surface area is 153 Å². The summed E-state index contributed by atoms with van der Waals surface area (Å²) in [7, 11) is 0. The minimum Gasteiger partial charge on any atom is -0.365 e. The quantitative estimate of drug-likeness (QED) is 0.866. The van der Waals surface area contributed by atoms with E-state index in [0.29, 0.717) is 23.2 Å². The van der Waals surface area contributed by atoms with Gasteiger partial charge in [0, 0.05) is 10.9 Å². The van der Waals surface area contributed by atoms with Crippen LogP contribution in [-0.2, 0) is 17.6 Å². The van der Waals surface area contributed by atoms with Gasteiger partial charge in [-0.15, -0.1) is 11.3 Å². The Hall–Kier alpha value is -1.40. The molecular formula is C19H27N3O2S. The lowest BCUT2D eigenvalue weighted by Crippen LogP contribution is -2.49. The van der Waals surface area contributed by atoms with Crippen molar-refractivity contribution in [3.05, 3.63) is 16.0 Å². The van der Waals surface area contributed by atoms with Crippen molar-refractivity contribution in [2.75, 3.05) is 18.4 Å². The van der Waals surface area contributed by atoms with E-state index in [1.54, 1.807) is 0 Å². The van der Waals surface area contributed by atoms with Gasteiger partial charge in [-0.1, -0.05) is 12.8 Å². The number of carbonyl (C=O) groups is 2. The van der Waals surface area contributed by atoms with Gasteiger partial charge in [0.25, 0.3) is 5.91 Å². The van der Waals surface area contributed by atoms with E-state index in [1.807, 2.05) is 0 Å². The van der Waals surface area contributed by atoms with Crippen molar-refractivity contribution in [3.63, 3.8) is 0 Å². The number of amides is 2. The Bertz CT molecular complexity index is 682. The second-order valence-corrected chi connectivity index (χ2v) is 8.80. The molecule has 136 valence electrons. The van der Waals surface area contributed by atoms with Crippen molar-refractivity contribution in [1.29, 1.82) is 0 Å². The highest BCUT2D eigenvalue weighted by Crippen LogP contribution is 2.39. The van der Waals surface area contributed by atoms with Crippen LogP contribution in [0.1, 0.15) is 65.7 Å². The van der Waals surface area contributed by atoms with E-state index < -0.39 is 5.91 Å². The number of nitrogens with two attached hydrogens (primary N) is 1. The fourth-order valence-electron chi connectivity index (χ4n) is 5.03. The topological polar surface area (TPSA) is 75.4 Å². The molecule has 1 aromatic rings. The smallest absolute Gasteiger partial charge is 0.251 e. The zero-order valence-corrected chi connectivity index (χ0v) is 15.5. The van der Waals surface area contributed by atoms with Crippen molar-refractivity contribution in [1.82, 2.24) is 4.90 Å². The first-order valence-electron chi connectivity index (χ1n) is 9.61. The number of aryl methyl sites for hydroxylation is 1. The third kappa shape index (κ3) is 3.34. The normalized spacial score (nSPS) is 26.1. The van der Waals surface area contributed by atoms with Gasteiger partial charge >= 0.3 is 0 Å². The molecular weight excluding hydrogens is 334 g/mol. The summed E-state index contributed by atoms with van der Waals surface area (Å²) < 4.78 is 0. The van der Waals surface area contributed by atoms with E-state index in [2.05, 4.69) is 10.2 Å². The lowest BCUT2D eigenvalue weighted by Gasteiger charge is -2.43. The zero-order chi connectivity index (χ0) is 17.4. The van der Waals surface area contributed by atoms with Crippen LogP contribution in [0.2, 0.25) is 0 Å². The number of anilines is 1. The Kier molecular flexibility index (Phi) is 4.82. The number of piperidine rings is 1. The number of hydrogen-bond donors (Lipinski definition) is 2. The maximum atomic E-state index is 12.7. The van der Waals surface area contributed by atoms with Gasteiger partial charge in [0.05, 0.1) is 12.1 Å². The molecule has 0 aromatic carbocycles. The lowest BCUT2D eigenvalue weighted by atomic mass is 9.78. The van der Waals surface area contributed by atoms with Gasteiger partial charge in [-0.2, -0.15) is 0 Å². The molecule has 2 heterocycles. The van der Waals surface area contributed by atoms with E-state index in [-0.39, 0.29) is 5.91 Å². The highest BCUT2D eigenvalue weighted by Gasteiger charge is 2.34. The molecule has 2 atom stereocenters. The first kappa shape index (κ1) is 17.0. The summed E-state index contributed by atoms with van der Waals surface area (Å²) in [5.41, 5.74) is 7.21. The largest absolute Gasteiger partial charge is 0.365 e. The third-order valence-electron chi connectivity index (χ3n) is 6.13. The van der Waals surface area contributed by atoms with Crippen molar-refractivity contribution in [2.45, 2.75) is 63.8 Å². The van der Waals surface area contributed by atoms with Crippen molar-refractivity contribution in [2.24, 2.45) is 11.7 Å². The number of primary amides is 1. The van der Waals surface area contributed by atoms with E-state index in [9.17, 15) is 9.59 Å². The Morgan fingerprint density at radius 1 is 1.12 bits per heavy atom. The molecule has 25 heavy (non-hydrogen) atoms. The van der Waals surface area contributed by atoms with Gasteiger partial charge < -0.3 is 11.1 Å². The number of likely N-dealkylation sites (tertiary alicyclic amines) is 1. The predicted octanol–water partition coefficient (Wildman–Crippen LogP) is 2.93. The first-order chi connectivity index (χ1) is 12.1. The molecule has 0 spiro atoms. The second kappa shape index (κ2) is 7.08. The molecule has 5 nitrogen and oxygen atoms in total. The van der Waals surface area contributed by atoms with Gasteiger partial charge in [-0.05, 0) is 63.0 Å². The molecule has 1 aliphatic heterocycles. The van der Waals surface area contributed by atoms with Crippen LogP contribution in [0, 0.1) is 5.92 Å².